The number of hydrogen-bond donors (Lipinski definition) is 1. The number of nitrogens with one attached hydrogen (secondary N) is 1. The molecule has 0 aliphatic rings. The Morgan fingerprint density at radius 3 is 2.03 bits per heavy atom. The highest BCUT2D eigenvalue weighted by molar-refractivity contribution is 5.81. The Bertz CT molecular complexity index is 886. The Labute approximate surface area is 182 Å². The van der Waals surface area contributed by atoms with Gasteiger partial charge in [-0.05, 0) is 85.5 Å². The number of benzene rings is 2. The first-order valence-corrected chi connectivity index (χ1v) is 10.8. The van der Waals surface area contributed by atoms with Gasteiger partial charge in [0, 0.05) is 0 Å². The van der Waals surface area contributed by atoms with Crippen LogP contribution < -0.4 is 14.8 Å². The molecule has 0 saturated carbocycles. The van der Waals surface area contributed by atoms with Crippen molar-refractivity contribution >= 4 is 5.91 Å². The molecule has 0 saturated heterocycles. The van der Waals surface area contributed by atoms with Crippen molar-refractivity contribution in [2.75, 3.05) is 7.11 Å². The Morgan fingerprint density at radius 2 is 1.47 bits per heavy atom. The Balaban J connectivity index is 2.18. The summed E-state index contributed by atoms with van der Waals surface area (Å²) in [6.07, 6.45) is -0.588. The Hall–Kier alpha value is -2.49. The first kappa shape index (κ1) is 23.8. The second-order valence-corrected chi connectivity index (χ2v) is 8.79. The second kappa shape index (κ2) is 10.0. The zero-order valence-corrected chi connectivity index (χ0v) is 19.9. The summed E-state index contributed by atoms with van der Waals surface area (Å²) >= 11 is 0. The van der Waals surface area contributed by atoms with Crippen molar-refractivity contribution in [3.63, 3.8) is 0 Å². The molecule has 0 spiro atoms. The lowest BCUT2D eigenvalue weighted by atomic mass is 9.93. The van der Waals surface area contributed by atoms with Crippen LogP contribution in [0.1, 0.15) is 87.2 Å². The number of aryl methyl sites for hydroxylation is 2. The quantitative estimate of drug-likeness (QED) is 0.562. The average molecular weight is 412 g/mol. The van der Waals surface area contributed by atoms with Crippen LogP contribution in [-0.4, -0.2) is 19.1 Å². The summed E-state index contributed by atoms with van der Waals surface area (Å²) in [5.74, 6) is 2.21. The molecule has 164 valence electrons. The maximum absolute atomic E-state index is 12.9. The summed E-state index contributed by atoms with van der Waals surface area (Å²) in [7, 11) is 1.70. The van der Waals surface area contributed by atoms with Crippen LogP contribution in [0.2, 0.25) is 0 Å². The highest BCUT2D eigenvalue weighted by atomic mass is 16.5. The Morgan fingerprint density at radius 1 is 0.833 bits per heavy atom. The minimum absolute atomic E-state index is 0.125. The van der Waals surface area contributed by atoms with Crippen molar-refractivity contribution in [3.8, 4) is 11.5 Å². The predicted octanol–water partition coefficient (Wildman–Crippen LogP) is 6.20. The van der Waals surface area contributed by atoms with Gasteiger partial charge in [0.2, 0.25) is 0 Å². The van der Waals surface area contributed by atoms with E-state index in [-0.39, 0.29) is 11.9 Å². The summed E-state index contributed by atoms with van der Waals surface area (Å²) in [6, 6.07) is 10.2. The molecule has 4 nitrogen and oxygen atoms in total. The highest BCUT2D eigenvalue weighted by Crippen LogP contribution is 2.32. The summed E-state index contributed by atoms with van der Waals surface area (Å²) in [6.45, 7) is 16.4. The van der Waals surface area contributed by atoms with E-state index in [1.54, 1.807) is 14.0 Å². The third-order valence-electron chi connectivity index (χ3n) is 5.53. The molecule has 4 heteroatoms. The van der Waals surface area contributed by atoms with Gasteiger partial charge in [0.1, 0.15) is 11.5 Å². The Kier molecular flexibility index (Phi) is 7.94. The first-order valence-electron chi connectivity index (χ1n) is 10.8. The molecule has 0 fully saturated rings. The maximum atomic E-state index is 12.9. The molecule has 2 aromatic rings. The molecule has 1 N–H and O–H groups in total. The number of ether oxygens (including phenoxy) is 2. The summed E-state index contributed by atoms with van der Waals surface area (Å²) in [5, 5.41) is 3.12. The molecule has 0 radical (unpaired) electrons. The molecule has 0 aromatic heterocycles. The number of methoxy groups -OCH3 is 1. The van der Waals surface area contributed by atoms with Crippen LogP contribution in [0, 0.1) is 13.8 Å². The van der Waals surface area contributed by atoms with Crippen molar-refractivity contribution in [2.45, 2.75) is 79.4 Å². The lowest BCUT2D eigenvalue weighted by molar-refractivity contribution is -0.127. The van der Waals surface area contributed by atoms with Crippen molar-refractivity contribution in [1.82, 2.24) is 5.32 Å². The lowest BCUT2D eigenvalue weighted by Crippen LogP contribution is -2.38. The van der Waals surface area contributed by atoms with E-state index >= 15 is 0 Å². The molecule has 2 aromatic carbocycles. The fraction of sp³-hybridized carbons (Fsp3) is 0.500. The van der Waals surface area contributed by atoms with Crippen LogP contribution in [0.25, 0.3) is 0 Å². The van der Waals surface area contributed by atoms with Gasteiger partial charge in [0.05, 0.1) is 13.2 Å². The van der Waals surface area contributed by atoms with E-state index in [1.165, 1.54) is 0 Å². The summed E-state index contributed by atoms with van der Waals surface area (Å²) < 4.78 is 11.6. The van der Waals surface area contributed by atoms with E-state index in [2.05, 4.69) is 57.3 Å². The van der Waals surface area contributed by atoms with Crippen LogP contribution in [0.3, 0.4) is 0 Å². The number of carbonyl (C=O) groups excluding carboxylic acids is 1. The minimum atomic E-state index is -0.588. The van der Waals surface area contributed by atoms with Crippen LogP contribution in [0.4, 0.5) is 0 Å². The predicted molar refractivity (Wildman–Crippen MR) is 124 cm³/mol. The zero-order chi connectivity index (χ0) is 22.6. The molecule has 1 amide bonds. The van der Waals surface area contributed by atoms with Crippen molar-refractivity contribution in [3.05, 3.63) is 58.1 Å². The van der Waals surface area contributed by atoms with Gasteiger partial charge in [-0.2, -0.15) is 0 Å². The van der Waals surface area contributed by atoms with Gasteiger partial charge in [-0.25, -0.2) is 0 Å². The summed E-state index contributed by atoms with van der Waals surface area (Å²) in [4.78, 5) is 12.9. The summed E-state index contributed by atoms with van der Waals surface area (Å²) in [5.41, 5.74) is 5.56. The van der Waals surface area contributed by atoms with E-state index in [4.69, 9.17) is 9.47 Å². The van der Waals surface area contributed by atoms with Crippen molar-refractivity contribution in [2.24, 2.45) is 0 Å². The first-order chi connectivity index (χ1) is 14.0. The van der Waals surface area contributed by atoms with Crippen molar-refractivity contribution in [1.29, 1.82) is 0 Å². The van der Waals surface area contributed by atoms with Gasteiger partial charge in [0.25, 0.3) is 5.91 Å². The molecular formula is C26H37NO3. The maximum Gasteiger partial charge on any atom is 0.261 e. The SMILES string of the molecule is COc1cc(C)c([C@@H](C)NC(=O)[C@H](C)Oc2cc(C)ccc2C(C)C)cc1C(C)C. The molecule has 0 aliphatic carbocycles. The number of hydrogen-bond acceptors (Lipinski definition) is 3. The largest absolute Gasteiger partial charge is 0.496 e. The van der Waals surface area contributed by atoms with E-state index in [1.807, 2.05) is 26.8 Å². The van der Waals surface area contributed by atoms with Crippen LogP contribution >= 0.6 is 0 Å². The second-order valence-electron chi connectivity index (χ2n) is 8.79. The minimum Gasteiger partial charge on any atom is -0.496 e. The van der Waals surface area contributed by atoms with Crippen molar-refractivity contribution < 1.29 is 14.3 Å². The van der Waals surface area contributed by atoms with Gasteiger partial charge in [0.15, 0.2) is 6.10 Å². The third kappa shape index (κ3) is 5.56. The topological polar surface area (TPSA) is 47.6 Å². The normalized spacial score (nSPS) is 13.3. The van der Waals surface area contributed by atoms with E-state index in [9.17, 15) is 4.79 Å². The van der Waals surface area contributed by atoms with Gasteiger partial charge in [-0.15, -0.1) is 0 Å². The average Bonchev–Trinajstić information content (AvgIpc) is 2.66. The monoisotopic (exact) mass is 411 g/mol. The standard InChI is InChI=1S/C26H37NO3/c1-15(2)21-11-10-17(5)12-25(21)30-20(8)26(28)27-19(7)23-14-22(16(3)4)24(29-9)13-18(23)6/h10-16,19-20H,1-9H3,(H,27,28)/t19-,20+/m1/s1. The number of carbonyl (C=O) groups is 1. The lowest BCUT2D eigenvalue weighted by Gasteiger charge is -2.23. The van der Waals surface area contributed by atoms with E-state index in [0.29, 0.717) is 11.8 Å². The fourth-order valence-electron chi connectivity index (χ4n) is 3.68. The van der Waals surface area contributed by atoms with Crippen LogP contribution in [0.5, 0.6) is 11.5 Å². The van der Waals surface area contributed by atoms with Crippen LogP contribution in [0.15, 0.2) is 30.3 Å². The highest BCUT2D eigenvalue weighted by Gasteiger charge is 2.22. The van der Waals surface area contributed by atoms with Gasteiger partial charge in [-0.1, -0.05) is 39.8 Å². The molecule has 2 atom stereocenters. The number of amides is 1. The molecule has 0 unspecified atom stereocenters. The molecule has 0 heterocycles. The van der Waals surface area contributed by atoms with E-state index < -0.39 is 6.10 Å². The molecule has 0 bridgehead atoms. The molecule has 30 heavy (non-hydrogen) atoms. The van der Waals surface area contributed by atoms with Gasteiger partial charge < -0.3 is 14.8 Å². The third-order valence-corrected chi connectivity index (χ3v) is 5.53. The molecule has 0 aliphatic heterocycles. The fourth-order valence-corrected chi connectivity index (χ4v) is 3.68. The molecule has 2 rings (SSSR count). The zero-order valence-electron chi connectivity index (χ0n) is 19.9. The smallest absolute Gasteiger partial charge is 0.261 e. The number of rotatable bonds is 8. The van der Waals surface area contributed by atoms with Gasteiger partial charge >= 0.3 is 0 Å². The molecular weight excluding hydrogens is 374 g/mol. The van der Waals surface area contributed by atoms with Gasteiger partial charge in [-0.3, -0.25) is 4.79 Å². The van der Waals surface area contributed by atoms with Crippen LogP contribution in [-0.2, 0) is 4.79 Å². The van der Waals surface area contributed by atoms with E-state index in [0.717, 1.165) is 39.3 Å².